The van der Waals surface area contributed by atoms with Crippen LogP contribution in [0.1, 0.15) is 24.3 Å². The first-order chi connectivity index (χ1) is 9.90. The maximum Gasteiger partial charge on any atom is 0.356 e. The van der Waals surface area contributed by atoms with Gasteiger partial charge < -0.3 is 15.4 Å². The molecule has 0 aliphatic rings. The second-order valence-corrected chi connectivity index (χ2v) is 4.07. The molecule has 9 nitrogen and oxygen atoms in total. The van der Waals surface area contributed by atoms with E-state index >= 15 is 0 Å². The number of carbonyl (C=O) groups is 2. The number of hydrogen-bond donors (Lipinski definition) is 2. The molecule has 1 amide bonds. The molecule has 1 aromatic heterocycles. The highest BCUT2D eigenvalue weighted by Crippen LogP contribution is 2.23. The summed E-state index contributed by atoms with van der Waals surface area (Å²) in [4.78, 5) is 37.2. The zero-order valence-corrected chi connectivity index (χ0v) is 11.9. The van der Waals surface area contributed by atoms with E-state index < -0.39 is 16.9 Å². The van der Waals surface area contributed by atoms with Crippen molar-refractivity contribution in [2.45, 2.75) is 19.9 Å². The molecule has 1 unspecified atom stereocenters. The molecule has 1 heterocycles. The molecular weight excluding hydrogens is 280 g/mol. The number of nitrogens with zero attached hydrogens (tertiary/aromatic N) is 2. The molecule has 1 rings (SSSR count). The molecule has 2 N–H and O–H groups in total. The van der Waals surface area contributed by atoms with Gasteiger partial charge in [0.2, 0.25) is 11.7 Å². The molecule has 9 heteroatoms. The van der Waals surface area contributed by atoms with Crippen LogP contribution >= 0.6 is 0 Å². The quantitative estimate of drug-likeness (QED) is 0.450. The molecule has 0 radical (unpaired) electrons. The molecule has 1 atom stereocenters. The van der Waals surface area contributed by atoms with Crippen molar-refractivity contribution in [3.05, 3.63) is 27.9 Å². The van der Waals surface area contributed by atoms with Gasteiger partial charge in [-0.25, -0.2) is 9.78 Å². The first-order valence-electron chi connectivity index (χ1n) is 6.18. The number of hydrogen-bond acceptors (Lipinski definition) is 7. The third-order valence-electron chi connectivity index (χ3n) is 2.56. The molecular formula is C12H16N4O5. The van der Waals surface area contributed by atoms with Gasteiger partial charge in [0.15, 0.2) is 5.69 Å². The molecule has 1 aromatic rings. The van der Waals surface area contributed by atoms with Gasteiger partial charge in [-0.3, -0.25) is 14.9 Å². The minimum atomic E-state index is -0.746. The van der Waals surface area contributed by atoms with Gasteiger partial charge in [-0.1, -0.05) is 0 Å². The largest absolute Gasteiger partial charge is 0.464 e. The van der Waals surface area contributed by atoms with E-state index in [4.69, 9.17) is 0 Å². The van der Waals surface area contributed by atoms with Gasteiger partial charge in [0.05, 0.1) is 12.0 Å². The number of amides is 1. The number of methoxy groups -OCH3 is 1. The van der Waals surface area contributed by atoms with Crippen molar-refractivity contribution >= 4 is 23.4 Å². The summed E-state index contributed by atoms with van der Waals surface area (Å²) >= 11 is 0. The minimum Gasteiger partial charge on any atom is -0.464 e. The van der Waals surface area contributed by atoms with Crippen molar-refractivity contribution in [3.8, 4) is 0 Å². The molecule has 0 aliphatic carbocycles. The summed E-state index contributed by atoms with van der Waals surface area (Å²) in [5.41, 5.74) is -0.424. The summed E-state index contributed by atoms with van der Waals surface area (Å²) in [6.07, 6.45) is 0. The number of aromatic nitrogens is 1. The number of nitro groups is 1. The van der Waals surface area contributed by atoms with Crippen LogP contribution in [0.25, 0.3) is 0 Å². The molecule has 0 bridgehead atoms. The third kappa shape index (κ3) is 4.13. The normalized spacial score (nSPS) is 11.4. The van der Waals surface area contributed by atoms with Crippen molar-refractivity contribution in [3.63, 3.8) is 0 Å². The van der Waals surface area contributed by atoms with E-state index in [0.29, 0.717) is 6.54 Å². The fraction of sp³-hybridized carbons (Fsp3) is 0.417. The Morgan fingerprint density at radius 2 is 2.14 bits per heavy atom. The van der Waals surface area contributed by atoms with Crippen molar-refractivity contribution in [2.24, 2.45) is 0 Å². The number of ether oxygens (including phenoxy) is 1. The minimum absolute atomic E-state index is 0.0892. The second kappa shape index (κ2) is 7.17. The van der Waals surface area contributed by atoms with E-state index in [1.807, 2.05) is 0 Å². The Balaban J connectivity index is 3.09. The number of anilines is 1. The average Bonchev–Trinajstić information content (AvgIpc) is 2.46. The topological polar surface area (TPSA) is 123 Å². The van der Waals surface area contributed by atoms with Gasteiger partial charge in [0, 0.05) is 12.6 Å². The van der Waals surface area contributed by atoms with Crippen molar-refractivity contribution in [2.75, 3.05) is 19.0 Å². The van der Waals surface area contributed by atoms with Crippen LogP contribution in [0.3, 0.4) is 0 Å². The lowest BCUT2D eigenvalue weighted by atomic mass is 10.2. The van der Waals surface area contributed by atoms with Gasteiger partial charge in [-0.2, -0.15) is 0 Å². The SMILES string of the molecule is CCNC(=O)C(C)Nc1nc(C(=O)OC)ccc1[N+](=O)[O-]. The van der Waals surface area contributed by atoms with Crippen LogP contribution in [0.2, 0.25) is 0 Å². The molecule has 0 saturated heterocycles. The molecule has 114 valence electrons. The monoisotopic (exact) mass is 296 g/mol. The Bertz CT molecular complexity index is 561. The lowest BCUT2D eigenvalue weighted by Gasteiger charge is -2.14. The summed E-state index contributed by atoms with van der Waals surface area (Å²) in [5, 5.41) is 16.2. The van der Waals surface area contributed by atoms with Crippen LogP contribution in [0.4, 0.5) is 11.5 Å². The zero-order valence-electron chi connectivity index (χ0n) is 11.9. The highest BCUT2D eigenvalue weighted by Gasteiger charge is 2.22. The Labute approximate surface area is 120 Å². The van der Waals surface area contributed by atoms with E-state index in [1.54, 1.807) is 6.92 Å². The number of esters is 1. The predicted molar refractivity (Wildman–Crippen MR) is 74.0 cm³/mol. The Hall–Kier alpha value is -2.71. The average molecular weight is 296 g/mol. The number of rotatable bonds is 6. The fourth-order valence-corrected chi connectivity index (χ4v) is 1.52. The molecule has 0 fully saturated rings. The Kier molecular flexibility index (Phi) is 5.58. The van der Waals surface area contributed by atoms with Crippen LogP contribution < -0.4 is 10.6 Å². The number of pyridine rings is 1. The fourth-order valence-electron chi connectivity index (χ4n) is 1.52. The molecule has 0 spiro atoms. The van der Waals surface area contributed by atoms with Gasteiger partial charge in [0.25, 0.3) is 0 Å². The number of likely N-dealkylation sites (N-methyl/N-ethyl adjacent to an activating group) is 1. The second-order valence-electron chi connectivity index (χ2n) is 4.07. The van der Waals surface area contributed by atoms with Crippen LogP contribution in [0.15, 0.2) is 12.1 Å². The molecule has 0 aliphatic heterocycles. The first kappa shape index (κ1) is 16.3. The van der Waals surface area contributed by atoms with Crippen LogP contribution in [-0.4, -0.2) is 41.5 Å². The smallest absolute Gasteiger partial charge is 0.356 e. The molecule has 21 heavy (non-hydrogen) atoms. The van der Waals surface area contributed by atoms with E-state index in [2.05, 4.69) is 20.4 Å². The lowest BCUT2D eigenvalue weighted by molar-refractivity contribution is -0.384. The van der Waals surface area contributed by atoms with Gasteiger partial charge in [-0.05, 0) is 19.9 Å². The van der Waals surface area contributed by atoms with E-state index in [0.717, 1.165) is 6.07 Å². The lowest BCUT2D eigenvalue weighted by Crippen LogP contribution is -2.37. The summed E-state index contributed by atoms with van der Waals surface area (Å²) < 4.78 is 4.50. The highest BCUT2D eigenvalue weighted by molar-refractivity contribution is 5.89. The summed E-state index contributed by atoms with van der Waals surface area (Å²) in [6, 6.07) is 1.57. The maximum atomic E-state index is 11.6. The molecule has 0 saturated carbocycles. The number of carbonyl (C=O) groups excluding carboxylic acids is 2. The van der Waals surface area contributed by atoms with Gasteiger partial charge in [0.1, 0.15) is 6.04 Å². The number of nitrogens with one attached hydrogen (secondary N) is 2. The van der Waals surface area contributed by atoms with Crippen molar-refractivity contribution in [1.82, 2.24) is 10.3 Å². The Morgan fingerprint density at radius 3 is 2.67 bits per heavy atom. The van der Waals surface area contributed by atoms with Crippen LogP contribution in [-0.2, 0) is 9.53 Å². The standard InChI is InChI=1S/C12H16N4O5/c1-4-13-11(17)7(2)14-10-9(16(19)20)6-5-8(15-10)12(18)21-3/h5-7H,4H2,1-3H3,(H,13,17)(H,14,15). The third-order valence-corrected chi connectivity index (χ3v) is 2.56. The first-order valence-corrected chi connectivity index (χ1v) is 6.18. The Morgan fingerprint density at radius 1 is 1.48 bits per heavy atom. The highest BCUT2D eigenvalue weighted by atomic mass is 16.6. The summed E-state index contributed by atoms with van der Waals surface area (Å²) in [5.74, 6) is -1.22. The van der Waals surface area contributed by atoms with Crippen molar-refractivity contribution < 1.29 is 19.2 Å². The van der Waals surface area contributed by atoms with E-state index in [1.165, 1.54) is 20.1 Å². The van der Waals surface area contributed by atoms with E-state index in [-0.39, 0.29) is 23.1 Å². The van der Waals surface area contributed by atoms with Crippen LogP contribution in [0.5, 0.6) is 0 Å². The van der Waals surface area contributed by atoms with Crippen LogP contribution in [0, 0.1) is 10.1 Å². The maximum absolute atomic E-state index is 11.6. The summed E-state index contributed by atoms with van der Waals surface area (Å²) in [7, 11) is 1.18. The predicted octanol–water partition coefficient (Wildman–Crippen LogP) is 0.713. The van der Waals surface area contributed by atoms with Gasteiger partial charge >= 0.3 is 11.7 Å². The summed E-state index contributed by atoms with van der Waals surface area (Å²) in [6.45, 7) is 3.72. The molecule has 0 aromatic carbocycles. The van der Waals surface area contributed by atoms with E-state index in [9.17, 15) is 19.7 Å². The van der Waals surface area contributed by atoms with Gasteiger partial charge in [-0.15, -0.1) is 0 Å². The zero-order chi connectivity index (χ0) is 16.0. The van der Waals surface area contributed by atoms with Crippen molar-refractivity contribution in [1.29, 1.82) is 0 Å².